The Hall–Kier alpha value is -4.24. The van der Waals surface area contributed by atoms with Crippen LogP contribution in [0.15, 0.2) is 38.0 Å². The van der Waals surface area contributed by atoms with Crippen LogP contribution in [-0.2, 0) is 19.1 Å². The molecule has 9 N–H and O–H groups in total. The van der Waals surface area contributed by atoms with Crippen LogP contribution in [0.5, 0.6) is 0 Å². The number of aromatic nitrogens is 4. The molecule has 0 radical (unpaired) electrons. The average molecular weight is 644 g/mol. The number of nitrogens with one attached hydrogen (secondary N) is 1. The second-order valence-corrected chi connectivity index (χ2v) is 10.4. The summed E-state index contributed by atoms with van der Waals surface area (Å²) in [6.45, 7) is 1.20. The molecular weight excluding hydrogens is 610 g/mol. The largest absolute Gasteiger partial charge is 0.481 e. The van der Waals surface area contributed by atoms with Gasteiger partial charge in [0.25, 0.3) is 5.56 Å². The number of aliphatic hydroxyl groups is 2. The highest BCUT2D eigenvalue weighted by molar-refractivity contribution is 8.00. The van der Waals surface area contributed by atoms with Crippen molar-refractivity contribution in [1.82, 2.24) is 19.1 Å². The second-order valence-electron chi connectivity index (χ2n) is 9.25. The van der Waals surface area contributed by atoms with Crippen molar-refractivity contribution >= 4 is 29.5 Å². The summed E-state index contributed by atoms with van der Waals surface area (Å²) in [5, 5.41) is 37.8. The minimum atomic E-state index is -1.17. The van der Waals surface area contributed by atoms with Crippen LogP contribution >= 0.6 is 11.8 Å². The molecule has 1 unspecified atom stereocenters. The van der Waals surface area contributed by atoms with Gasteiger partial charge in [0, 0.05) is 41.5 Å². The fraction of sp³-hybridized carbons (Fsp3) is 0.565. The number of aryl methyl sites for hydroxylation is 1. The third kappa shape index (κ3) is 10.5. The fourth-order valence-corrected chi connectivity index (χ4v) is 4.70. The van der Waals surface area contributed by atoms with Gasteiger partial charge >= 0.3 is 23.3 Å². The average Bonchev–Trinajstić information content (AvgIpc) is 3.61. The molecule has 21 heteroatoms. The van der Waals surface area contributed by atoms with Crippen LogP contribution in [0.3, 0.4) is 0 Å². The molecule has 20 nitrogen and oxygen atoms in total. The number of aliphatic hydroxyl groups excluding tert-OH is 2. The summed E-state index contributed by atoms with van der Waals surface area (Å²) in [4.78, 5) is 62.8. The van der Waals surface area contributed by atoms with Crippen molar-refractivity contribution in [3.8, 4) is 0 Å². The van der Waals surface area contributed by atoms with E-state index in [1.807, 2.05) is 0 Å². The number of ether oxygens (including phenoxy) is 2. The molecule has 0 aromatic carbocycles. The Morgan fingerprint density at radius 2 is 1.93 bits per heavy atom. The topological polar surface area (TPSA) is 324 Å². The molecule has 4 rings (SSSR count). The number of H-pyrrole nitrogens is 1. The van der Waals surface area contributed by atoms with Crippen molar-refractivity contribution in [1.29, 1.82) is 0 Å². The lowest BCUT2D eigenvalue weighted by atomic mass is 10.1. The Bertz CT molecular complexity index is 1510. The zero-order valence-electron chi connectivity index (χ0n) is 23.3. The molecule has 242 valence electrons. The SMILES string of the molecule is Cc1cn([C@H]2C[C@H](N=[N+]=[N-])[C@@H](CO)O2)c(=O)[nH]c1=O.NC(CCC(=O)O)C(=O)O.Nc1ccn([C@@H]2CS[C@H](CO)O2)c(=O)n1. The van der Waals surface area contributed by atoms with E-state index in [0.717, 1.165) is 0 Å². The smallest absolute Gasteiger partial charge is 0.351 e. The number of nitrogens with two attached hydrogens (primary N) is 2. The molecule has 0 saturated carbocycles. The predicted octanol–water partition coefficient (Wildman–Crippen LogP) is -1.53. The van der Waals surface area contributed by atoms with E-state index in [-0.39, 0.29) is 50.0 Å². The number of azide groups is 1. The maximum absolute atomic E-state index is 11.7. The van der Waals surface area contributed by atoms with Crippen molar-refractivity contribution < 1.29 is 39.5 Å². The highest BCUT2D eigenvalue weighted by Gasteiger charge is 2.35. The van der Waals surface area contributed by atoms with E-state index in [9.17, 15) is 24.0 Å². The molecule has 2 aliphatic rings. The number of hydrogen-bond acceptors (Lipinski definition) is 14. The number of rotatable bonds is 9. The van der Waals surface area contributed by atoms with Gasteiger partial charge in [-0.05, 0) is 24.9 Å². The monoisotopic (exact) mass is 643 g/mol. The summed E-state index contributed by atoms with van der Waals surface area (Å²) in [7, 11) is 0. The number of aromatic amines is 1. The first-order valence-electron chi connectivity index (χ1n) is 12.9. The van der Waals surface area contributed by atoms with Gasteiger partial charge < -0.3 is 41.4 Å². The van der Waals surface area contributed by atoms with Crippen LogP contribution in [-0.4, -0.2) is 94.1 Å². The van der Waals surface area contributed by atoms with E-state index in [1.165, 1.54) is 27.1 Å². The summed E-state index contributed by atoms with van der Waals surface area (Å²) in [5.41, 5.74) is 17.4. The number of hydrogen-bond donors (Lipinski definition) is 7. The summed E-state index contributed by atoms with van der Waals surface area (Å²) in [6, 6.07) is -0.0583. The maximum Gasteiger partial charge on any atom is 0.351 e. The lowest BCUT2D eigenvalue weighted by molar-refractivity contribution is -0.139. The molecule has 2 aromatic heterocycles. The second kappa shape index (κ2) is 17.2. The van der Waals surface area contributed by atoms with Gasteiger partial charge in [0.15, 0.2) is 0 Å². The predicted molar refractivity (Wildman–Crippen MR) is 153 cm³/mol. The first-order chi connectivity index (χ1) is 20.8. The lowest BCUT2D eigenvalue weighted by Crippen LogP contribution is -2.33. The van der Waals surface area contributed by atoms with Crippen LogP contribution < -0.4 is 28.4 Å². The maximum atomic E-state index is 11.7. The van der Waals surface area contributed by atoms with Crippen LogP contribution in [0.1, 0.15) is 37.3 Å². The Kier molecular flexibility index (Phi) is 14.0. The van der Waals surface area contributed by atoms with Crippen molar-refractivity contribution in [3.05, 3.63) is 65.8 Å². The lowest BCUT2D eigenvalue weighted by Gasteiger charge is -2.14. The van der Waals surface area contributed by atoms with Crippen molar-refractivity contribution in [2.75, 3.05) is 24.7 Å². The van der Waals surface area contributed by atoms with Gasteiger partial charge in [-0.1, -0.05) is 5.11 Å². The molecule has 6 atom stereocenters. The third-order valence-corrected chi connectivity index (χ3v) is 7.18. The number of nitrogens with zero attached hydrogens (tertiary/aromatic N) is 6. The van der Waals surface area contributed by atoms with E-state index in [1.54, 1.807) is 19.2 Å². The van der Waals surface area contributed by atoms with Crippen LogP contribution in [0.2, 0.25) is 0 Å². The van der Waals surface area contributed by atoms with E-state index in [4.69, 9.17) is 46.9 Å². The molecule has 0 amide bonds. The highest BCUT2D eigenvalue weighted by atomic mass is 32.2. The molecule has 0 spiro atoms. The van der Waals surface area contributed by atoms with Gasteiger partial charge in [-0.25, -0.2) is 9.59 Å². The molecular formula is C23H33N9O11S. The Morgan fingerprint density at radius 3 is 2.48 bits per heavy atom. The molecule has 2 saturated heterocycles. The zero-order chi connectivity index (χ0) is 33.0. The van der Waals surface area contributed by atoms with Crippen LogP contribution in [0.4, 0.5) is 5.82 Å². The Balaban J connectivity index is 0.000000242. The van der Waals surface area contributed by atoms with Gasteiger partial charge in [0.1, 0.15) is 29.8 Å². The van der Waals surface area contributed by atoms with Crippen molar-refractivity contribution in [2.45, 2.75) is 62.3 Å². The quantitative estimate of drug-likeness (QED) is 0.0926. The fourth-order valence-electron chi connectivity index (χ4n) is 3.77. The van der Waals surface area contributed by atoms with E-state index in [2.05, 4.69) is 20.0 Å². The first-order valence-corrected chi connectivity index (χ1v) is 13.9. The van der Waals surface area contributed by atoms with E-state index in [0.29, 0.717) is 11.3 Å². The number of carbonyl (C=O) groups is 2. The van der Waals surface area contributed by atoms with Gasteiger partial charge in [0.2, 0.25) is 0 Å². The Labute approximate surface area is 251 Å². The number of anilines is 1. The number of thioether (sulfide) groups is 1. The molecule has 0 bridgehead atoms. The summed E-state index contributed by atoms with van der Waals surface area (Å²) in [5.74, 6) is -1.38. The van der Waals surface area contributed by atoms with E-state index < -0.39 is 53.3 Å². The number of carboxylic acids is 2. The minimum absolute atomic E-state index is 0.0231. The molecule has 2 aliphatic heterocycles. The standard InChI is InChI=1S/C10H13N5O4.C8H11N3O3S.C5H9NO4/c1-5-3-15(10(18)12-9(5)17)8-2-6(13-14-11)7(4-16)19-8;9-5-1-2-11(8(13)10-5)6-4-15-7(3-12)14-6;6-3(5(9)10)1-2-4(7)8/h3,6-8,16H,2,4H2,1H3,(H,12,17,18);1-2,6-7,12H,3-4H2,(H2,9,10,13);3H,1-2,6H2,(H,7,8)(H,9,10)/t6-,7+,8+;6-,7+;/m00./s1. The molecule has 4 heterocycles. The van der Waals surface area contributed by atoms with E-state index >= 15 is 0 Å². The van der Waals surface area contributed by atoms with Crippen molar-refractivity contribution in [2.24, 2.45) is 10.8 Å². The van der Waals surface area contributed by atoms with Crippen LogP contribution in [0, 0.1) is 6.92 Å². The minimum Gasteiger partial charge on any atom is -0.481 e. The summed E-state index contributed by atoms with van der Waals surface area (Å²) in [6.07, 6.45) is 1.29. The zero-order valence-corrected chi connectivity index (χ0v) is 24.1. The van der Waals surface area contributed by atoms with Gasteiger partial charge in [0.05, 0.1) is 25.4 Å². The molecule has 0 aliphatic carbocycles. The normalized spacial score (nSPS) is 22.9. The van der Waals surface area contributed by atoms with Crippen LogP contribution in [0.25, 0.3) is 10.4 Å². The summed E-state index contributed by atoms with van der Waals surface area (Å²) < 4.78 is 13.5. The van der Waals surface area contributed by atoms with Gasteiger partial charge in [-0.3, -0.25) is 28.5 Å². The third-order valence-electron chi connectivity index (χ3n) is 6.07. The molecule has 2 fully saturated rings. The molecule has 44 heavy (non-hydrogen) atoms. The van der Waals surface area contributed by atoms with Crippen molar-refractivity contribution in [3.63, 3.8) is 0 Å². The molecule has 2 aromatic rings. The number of aliphatic carboxylic acids is 2. The van der Waals surface area contributed by atoms with Gasteiger partial charge in [-0.2, -0.15) is 4.98 Å². The number of nitrogen functional groups attached to an aromatic ring is 1. The Morgan fingerprint density at radius 1 is 1.23 bits per heavy atom. The first kappa shape index (κ1) is 36.0. The summed E-state index contributed by atoms with van der Waals surface area (Å²) >= 11 is 1.47. The van der Waals surface area contributed by atoms with Gasteiger partial charge in [-0.15, -0.1) is 11.8 Å². The highest BCUT2D eigenvalue weighted by Crippen LogP contribution is 2.31. The number of carboxylic acid groups (broad SMARTS) is 2.